The molecule has 0 spiro atoms. The maximum Gasteiger partial charge on any atom is 0.408 e. The Morgan fingerprint density at radius 3 is 2.33 bits per heavy atom. The van der Waals surface area contributed by atoms with Crippen LogP contribution in [0.3, 0.4) is 0 Å². The van der Waals surface area contributed by atoms with Gasteiger partial charge in [0, 0.05) is 46.0 Å². The number of aromatic nitrogens is 1. The molecule has 1 atom stereocenters. The molecule has 0 saturated carbocycles. The standard InChI is InChI=1S/C24H34N6O2.HI/c1-24(2,3)32-23(31)28-20(19-10-6-5-7-11-19)18-27-22(25-4)30-16-14-29(15-17-30)21-12-8-9-13-26-21;/h5-13,20H,14-18H2,1-4H3,(H,25,27)(H,28,31);1H. The van der Waals surface area contributed by atoms with Crippen LogP contribution in [0, 0.1) is 0 Å². The molecule has 33 heavy (non-hydrogen) atoms. The van der Waals surface area contributed by atoms with E-state index >= 15 is 0 Å². The molecule has 1 aliphatic rings. The fourth-order valence-electron chi connectivity index (χ4n) is 3.60. The zero-order chi connectivity index (χ0) is 23.0. The first-order valence-corrected chi connectivity index (χ1v) is 11.0. The number of carbonyl (C=O) groups excluding carboxylic acids is 1. The van der Waals surface area contributed by atoms with E-state index in [0.29, 0.717) is 6.54 Å². The summed E-state index contributed by atoms with van der Waals surface area (Å²) in [5.74, 6) is 1.82. The molecule has 0 aliphatic carbocycles. The van der Waals surface area contributed by atoms with Crippen molar-refractivity contribution in [3.8, 4) is 0 Å². The van der Waals surface area contributed by atoms with Crippen molar-refractivity contribution in [2.75, 3.05) is 44.7 Å². The second-order valence-electron chi connectivity index (χ2n) is 8.70. The number of benzene rings is 1. The van der Waals surface area contributed by atoms with Gasteiger partial charge >= 0.3 is 6.09 Å². The fraction of sp³-hybridized carbons (Fsp3) is 0.458. The maximum atomic E-state index is 12.4. The van der Waals surface area contributed by atoms with Crippen molar-refractivity contribution in [3.63, 3.8) is 0 Å². The molecule has 3 rings (SSSR count). The van der Waals surface area contributed by atoms with Crippen molar-refractivity contribution >= 4 is 41.8 Å². The summed E-state index contributed by atoms with van der Waals surface area (Å²) in [6.07, 6.45) is 1.39. The minimum Gasteiger partial charge on any atom is -0.444 e. The van der Waals surface area contributed by atoms with Gasteiger partial charge in [0.2, 0.25) is 0 Å². The number of halogens is 1. The highest BCUT2D eigenvalue weighted by atomic mass is 127. The first-order valence-electron chi connectivity index (χ1n) is 11.0. The Kier molecular flexibility index (Phi) is 10.2. The predicted octanol–water partition coefficient (Wildman–Crippen LogP) is 3.66. The second-order valence-corrected chi connectivity index (χ2v) is 8.70. The third kappa shape index (κ3) is 8.38. The van der Waals surface area contributed by atoms with Crippen LogP contribution >= 0.6 is 24.0 Å². The number of alkyl carbamates (subject to hydrolysis) is 1. The maximum absolute atomic E-state index is 12.4. The Morgan fingerprint density at radius 2 is 1.76 bits per heavy atom. The largest absolute Gasteiger partial charge is 0.444 e. The summed E-state index contributed by atoms with van der Waals surface area (Å²) in [6, 6.07) is 15.6. The molecule has 2 heterocycles. The SMILES string of the molecule is CN=C(NCC(NC(=O)OC(C)(C)C)c1ccccc1)N1CCN(c2ccccn2)CC1.I. The predicted molar refractivity (Wildman–Crippen MR) is 143 cm³/mol. The lowest BCUT2D eigenvalue weighted by atomic mass is 10.1. The lowest BCUT2D eigenvalue weighted by Crippen LogP contribution is -2.53. The van der Waals surface area contributed by atoms with Crippen LogP contribution in [0.2, 0.25) is 0 Å². The molecule has 180 valence electrons. The van der Waals surface area contributed by atoms with E-state index in [9.17, 15) is 4.79 Å². The van der Waals surface area contributed by atoms with E-state index in [-0.39, 0.29) is 30.0 Å². The molecule has 2 aromatic rings. The normalized spacial score (nSPS) is 15.3. The molecule has 2 N–H and O–H groups in total. The number of nitrogens with one attached hydrogen (secondary N) is 2. The Morgan fingerprint density at radius 1 is 1.09 bits per heavy atom. The molecule has 1 aromatic heterocycles. The van der Waals surface area contributed by atoms with Gasteiger partial charge in [0.1, 0.15) is 11.4 Å². The molecular weight excluding hydrogens is 531 g/mol. The molecular formula is C24H35IN6O2. The van der Waals surface area contributed by atoms with E-state index in [0.717, 1.165) is 43.5 Å². The van der Waals surface area contributed by atoms with Crippen LogP contribution in [0.4, 0.5) is 10.6 Å². The minimum absolute atomic E-state index is 0. The van der Waals surface area contributed by atoms with Gasteiger partial charge in [0.05, 0.1) is 6.04 Å². The molecule has 9 heteroatoms. The highest BCUT2D eigenvalue weighted by molar-refractivity contribution is 14.0. The third-order valence-electron chi connectivity index (χ3n) is 5.12. The zero-order valence-corrected chi connectivity index (χ0v) is 22.2. The van der Waals surface area contributed by atoms with Crippen LogP contribution in [0.1, 0.15) is 32.4 Å². The summed E-state index contributed by atoms with van der Waals surface area (Å²) in [4.78, 5) is 25.8. The van der Waals surface area contributed by atoms with Gasteiger partial charge in [0.15, 0.2) is 5.96 Å². The number of rotatable bonds is 5. The van der Waals surface area contributed by atoms with E-state index < -0.39 is 11.7 Å². The van der Waals surface area contributed by atoms with Gasteiger partial charge in [-0.25, -0.2) is 9.78 Å². The molecule has 1 aliphatic heterocycles. The fourth-order valence-corrected chi connectivity index (χ4v) is 3.60. The van der Waals surface area contributed by atoms with Crippen molar-refractivity contribution in [3.05, 3.63) is 60.3 Å². The Hall–Kier alpha value is -2.56. The van der Waals surface area contributed by atoms with E-state index in [1.54, 1.807) is 7.05 Å². The number of carbonyl (C=O) groups is 1. The number of hydrogen-bond donors (Lipinski definition) is 2. The number of anilines is 1. The van der Waals surface area contributed by atoms with Gasteiger partial charge in [-0.2, -0.15) is 0 Å². The first-order chi connectivity index (χ1) is 15.4. The molecule has 0 radical (unpaired) electrons. The monoisotopic (exact) mass is 566 g/mol. The van der Waals surface area contributed by atoms with Crippen molar-refractivity contribution in [1.29, 1.82) is 0 Å². The summed E-state index contributed by atoms with van der Waals surface area (Å²) < 4.78 is 5.46. The average Bonchev–Trinajstić information content (AvgIpc) is 2.79. The van der Waals surface area contributed by atoms with Crippen LogP contribution in [0.15, 0.2) is 59.7 Å². The van der Waals surface area contributed by atoms with Crippen molar-refractivity contribution in [2.45, 2.75) is 32.4 Å². The van der Waals surface area contributed by atoms with Crippen molar-refractivity contribution < 1.29 is 9.53 Å². The quantitative estimate of drug-likeness (QED) is 0.327. The number of amides is 1. The second kappa shape index (κ2) is 12.6. The van der Waals surface area contributed by atoms with Gasteiger partial charge in [-0.1, -0.05) is 36.4 Å². The van der Waals surface area contributed by atoms with Gasteiger partial charge in [-0.05, 0) is 38.5 Å². The summed E-state index contributed by atoms with van der Waals surface area (Å²) in [5.41, 5.74) is 0.448. The molecule has 1 amide bonds. The Labute approximate surface area is 213 Å². The van der Waals surface area contributed by atoms with E-state index in [1.165, 1.54) is 0 Å². The summed E-state index contributed by atoms with van der Waals surface area (Å²) in [7, 11) is 1.78. The Bertz CT molecular complexity index is 881. The highest BCUT2D eigenvalue weighted by Gasteiger charge is 2.23. The summed E-state index contributed by atoms with van der Waals surface area (Å²) in [5, 5.41) is 6.42. The highest BCUT2D eigenvalue weighted by Crippen LogP contribution is 2.15. The van der Waals surface area contributed by atoms with E-state index in [2.05, 4.69) is 30.4 Å². The number of piperazine rings is 1. The van der Waals surface area contributed by atoms with Crippen LogP contribution in [0.25, 0.3) is 0 Å². The minimum atomic E-state index is -0.553. The lowest BCUT2D eigenvalue weighted by molar-refractivity contribution is 0.0504. The number of nitrogens with zero attached hydrogens (tertiary/aromatic N) is 4. The smallest absolute Gasteiger partial charge is 0.408 e. The van der Waals surface area contributed by atoms with Crippen LogP contribution < -0.4 is 15.5 Å². The third-order valence-corrected chi connectivity index (χ3v) is 5.12. The van der Waals surface area contributed by atoms with Crippen LogP contribution in [0.5, 0.6) is 0 Å². The van der Waals surface area contributed by atoms with E-state index in [4.69, 9.17) is 4.74 Å². The number of guanidine groups is 1. The summed E-state index contributed by atoms with van der Waals surface area (Å²) in [6.45, 7) is 9.48. The van der Waals surface area contributed by atoms with Gasteiger partial charge in [0.25, 0.3) is 0 Å². The van der Waals surface area contributed by atoms with E-state index in [1.807, 2.05) is 75.5 Å². The number of aliphatic imine (C=N–C) groups is 1. The lowest BCUT2D eigenvalue weighted by Gasteiger charge is -2.37. The van der Waals surface area contributed by atoms with Gasteiger partial charge in [-0.15, -0.1) is 24.0 Å². The molecule has 1 unspecified atom stereocenters. The molecule has 1 fully saturated rings. The van der Waals surface area contributed by atoms with Gasteiger partial charge < -0.3 is 25.2 Å². The first kappa shape index (κ1) is 26.7. The van der Waals surface area contributed by atoms with Crippen LogP contribution in [-0.2, 0) is 4.74 Å². The topological polar surface area (TPSA) is 82.1 Å². The average molecular weight is 566 g/mol. The number of pyridine rings is 1. The summed E-state index contributed by atoms with van der Waals surface area (Å²) >= 11 is 0. The van der Waals surface area contributed by atoms with Crippen molar-refractivity contribution in [1.82, 2.24) is 20.5 Å². The number of ether oxygens (including phenoxy) is 1. The van der Waals surface area contributed by atoms with Crippen LogP contribution in [-0.4, -0.2) is 67.3 Å². The molecule has 1 saturated heterocycles. The van der Waals surface area contributed by atoms with Crippen molar-refractivity contribution in [2.24, 2.45) is 4.99 Å². The molecule has 1 aromatic carbocycles. The molecule has 8 nitrogen and oxygen atoms in total. The number of hydrogen-bond acceptors (Lipinski definition) is 5. The molecule has 0 bridgehead atoms. The zero-order valence-electron chi connectivity index (χ0n) is 19.8. The van der Waals surface area contributed by atoms with Gasteiger partial charge in [-0.3, -0.25) is 4.99 Å². The Balaban J connectivity index is 0.00000385.